The van der Waals surface area contributed by atoms with Gasteiger partial charge in [0.2, 0.25) is 0 Å². The van der Waals surface area contributed by atoms with Crippen LogP contribution in [0, 0.1) is 5.82 Å². The van der Waals surface area contributed by atoms with Crippen molar-refractivity contribution in [2.24, 2.45) is 7.05 Å². The lowest BCUT2D eigenvalue weighted by Gasteiger charge is -2.15. The number of rotatable bonds is 4. The van der Waals surface area contributed by atoms with Crippen molar-refractivity contribution in [2.75, 3.05) is 7.05 Å². The molecule has 1 aromatic heterocycles. The highest BCUT2D eigenvalue weighted by atomic mass is 79.9. The summed E-state index contributed by atoms with van der Waals surface area (Å²) >= 11 is 3.16. The maximum Gasteiger partial charge on any atom is 0.137 e. The standard InChI is InChI=1S/C13H15BrFN3/c1-16-13(8-10-5-6-18(2)17-10)9-3-4-11(14)12(15)7-9/h3-7,13,16H,8H2,1-2H3. The van der Waals surface area contributed by atoms with Crippen LogP contribution in [0.15, 0.2) is 34.9 Å². The molecule has 0 saturated heterocycles. The van der Waals surface area contributed by atoms with E-state index in [9.17, 15) is 4.39 Å². The van der Waals surface area contributed by atoms with E-state index < -0.39 is 0 Å². The molecule has 0 bridgehead atoms. The monoisotopic (exact) mass is 311 g/mol. The molecule has 1 aromatic carbocycles. The fourth-order valence-corrected chi connectivity index (χ4v) is 2.14. The van der Waals surface area contributed by atoms with Gasteiger partial charge in [-0.15, -0.1) is 0 Å². The van der Waals surface area contributed by atoms with E-state index in [2.05, 4.69) is 26.3 Å². The zero-order valence-electron chi connectivity index (χ0n) is 10.3. The Morgan fingerprint density at radius 2 is 2.22 bits per heavy atom. The van der Waals surface area contributed by atoms with Crippen LogP contribution in [0.25, 0.3) is 0 Å². The number of likely N-dealkylation sites (N-methyl/N-ethyl adjacent to an activating group) is 1. The molecular formula is C13H15BrFN3. The molecule has 5 heteroatoms. The molecule has 2 rings (SSSR count). The van der Waals surface area contributed by atoms with E-state index in [-0.39, 0.29) is 11.9 Å². The number of aromatic nitrogens is 2. The number of hydrogen-bond donors (Lipinski definition) is 1. The quantitative estimate of drug-likeness (QED) is 0.941. The summed E-state index contributed by atoms with van der Waals surface area (Å²) in [5, 5.41) is 7.53. The van der Waals surface area contributed by atoms with Gasteiger partial charge >= 0.3 is 0 Å². The Bertz CT molecular complexity index is 539. The molecule has 1 heterocycles. The van der Waals surface area contributed by atoms with Gasteiger partial charge in [0.15, 0.2) is 0 Å². The largest absolute Gasteiger partial charge is 0.313 e. The number of aryl methyl sites for hydroxylation is 1. The third-order valence-electron chi connectivity index (χ3n) is 2.88. The van der Waals surface area contributed by atoms with Crippen molar-refractivity contribution in [2.45, 2.75) is 12.5 Å². The zero-order valence-corrected chi connectivity index (χ0v) is 11.9. The Kier molecular flexibility index (Phi) is 4.14. The van der Waals surface area contributed by atoms with Crippen molar-refractivity contribution >= 4 is 15.9 Å². The Hall–Kier alpha value is -1.20. The lowest BCUT2D eigenvalue weighted by molar-refractivity contribution is 0.565. The van der Waals surface area contributed by atoms with E-state index in [0.29, 0.717) is 4.47 Å². The zero-order chi connectivity index (χ0) is 13.1. The average Bonchev–Trinajstić information content (AvgIpc) is 2.75. The van der Waals surface area contributed by atoms with Gasteiger partial charge in [0.1, 0.15) is 5.82 Å². The van der Waals surface area contributed by atoms with Crippen LogP contribution in [0.4, 0.5) is 4.39 Å². The van der Waals surface area contributed by atoms with E-state index in [1.807, 2.05) is 32.4 Å². The summed E-state index contributed by atoms with van der Waals surface area (Å²) in [5.41, 5.74) is 1.91. The first kappa shape index (κ1) is 13.2. The van der Waals surface area contributed by atoms with Crippen LogP contribution in [-0.4, -0.2) is 16.8 Å². The predicted molar refractivity (Wildman–Crippen MR) is 72.8 cm³/mol. The minimum atomic E-state index is -0.242. The van der Waals surface area contributed by atoms with Crippen molar-refractivity contribution in [3.05, 3.63) is 52.0 Å². The van der Waals surface area contributed by atoms with Crippen LogP contribution in [-0.2, 0) is 13.5 Å². The Balaban J connectivity index is 2.19. The van der Waals surface area contributed by atoms with Gasteiger partial charge in [0, 0.05) is 25.7 Å². The third-order valence-corrected chi connectivity index (χ3v) is 3.52. The highest BCUT2D eigenvalue weighted by Crippen LogP contribution is 2.22. The SMILES string of the molecule is CNC(Cc1ccn(C)n1)c1ccc(Br)c(F)c1. The molecule has 0 aliphatic heterocycles. The molecule has 0 spiro atoms. The molecule has 3 nitrogen and oxygen atoms in total. The number of benzene rings is 1. The first-order valence-corrected chi connectivity index (χ1v) is 6.50. The molecule has 0 saturated carbocycles. The van der Waals surface area contributed by atoms with Crippen LogP contribution >= 0.6 is 15.9 Å². The molecule has 0 amide bonds. The van der Waals surface area contributed by atoms with Crippen LogP contribution in [0.1, 0.15) is 17.3 Å². The molecule has 18 heavy (non-hydrogen) atoms. The maximum absolute atomic E-state index is 13.5. The van der Waals surface area contributed by atoms with Crippen molar-refractivity contribution in [1.82, 2.24) is 15.1 Å². The smallest absolute Gasteiger partial charge is 0.137 e. The molecule has 96 valence electrons. The molecular weight excluding hydrogens is 297 g/mol. The summed E-state index contributed by atoms with van der Waals surface area (Å²) in [5.74, 6) is -0.242. The van der Waals surface area contributed by atoms with E-state index in [4.69, 9.17) is 0 Å². The summed E-state index contributed by atoms with van der Waals surface area (Å²) < 4.78 is 15.8. The predicted octanol–water partition coefficient (Wildman–Crippen LogP) is 2.82. The fourth-order valence-electron chi connectivity index (χ4n) is 1.90. The molecule has 1 unspecified atom stereocenters. The molecule has 0 aliphatic carbocycles. The summed E-state index contributed by atoms with van der Waals surface area (Å²) in [4.78, 5) is 0. The first-order chi connectivity index (χ1) is 8.60. The molecule has 0 radical (unpaired) electrons. The summed E-state index contributed by atoms with van der Waals surface area (Å²) in [6.45, 7) is 0. The second-order valence-electron chi connectivity index (χ2n) is 4.20. The van der Waals surface area contributed by atoms with Gasteiger partial charge in [-0.25, -0.2) is 4.39 Å². The van der Waals surface area contributed by atoms with Crippen molar-refractivity contribution in [3.8, 4) is 0 Å². The summed E-state index contributed by atoms with van der Waals surface area (Å²) in [7, 11) is 3.75. The number of nitrogens with one attached hydrogen (secondary N) is 1. The van der Waals surface area contributed by atoms with E-state index in [1.165, 1.54) is 0 Å². The van der Waals surface area contributed by atoms with Crippen molar-refractivity contribution in [1.29, 1.82) is 0 Å². The normalized spacial score (nSPS) is 12.7. The van der Waals surface area contributed by atoms with Gasteiger partial charge in [-0.2, -0.15) is 5.10 Å². The minimum absolute atomic E-state index is 0.0579. The lowest BCUT2D eigenvalue weighted by atomic mass is 10.0. The van der Waals surface area contributed by atoms with Gasteiger partial charge in [0.05, 0.1) is 10.2 Å². The second kappa shape index (κ2) is 5.63. The highest BCUT2D eigenvalue weighted by Gasteiger charge is 2.13. The molecule has 2 aromatic rings. The van der Waals surface area contributed by atoms with Gasteiger partial charge in [-0.05, 0) is 46.7 Å². The van der Waals surface area contributed by atoms with Gasteiger partial charge < -0.3 is 5.32 Å². The van der Waals surface area contributed by atoms with E-state index >= 15 is 0 Å². The Morgan fingerprint density at radius 1 is 1.44 bits per heavy atom. The van der Waals surface area contributed by atoms with Crippen LogP contribution in [0.5, 0.6) is 0 Å². The number of nitrogens with zero attached hydrogens (tertiary/aromatic N) is 2. The lowest BCUT2D eigenvalue weighted by Crippen LogP contribution is -2.19. The van der Waals surface area contributed by atoms with E-state index in [0.717, 1.165) is 17.7 Å². The second-order valence-corrected chi connectivity index (χ2v) is 5.05. The number of halogens is 2. The van der Waals surface area contributed by atoms with Gasteiger partial charge in [-0.3, -0.25) is 4.68 Å². The molecule has 0 fully saturated rings. The van der Waals surface area contributed by atoms with E-state index in [1.54, 1.807) is 16.8 Å². The topological polar surface area (TPSA) is 29.9 Å². The van der Waals surface area contributed by atoms with Gasteiger partial charge in [-0.1, -0.05) is 6.07 Å². The van der Waals surface area contributed by atoms with Crippen LogP contribution in [0.3, 0.4) is 0 Å². The average molecular weight is 312 g/mol. The minimum Gasteiger partial charge on any atom is -0.313 e. The highest BCUT2D eigenvalue weighted by molar-refractivity contribution is 9.10. The molecule has 1 N–H and O–H groups in total. The first-order valence-electron chi connectivity index (χ1n) is 5.71. The van der Waals surface area contributed by atoms with Crippen molar-refractivity contribution < 1.29 is 4.39 Å². The molecule has 0 aliphatic rings. The Morgan fingerprint density at radius 3 is 2.78 bits per heavy atom. The summed E-state index contributed by atoms with van der Waals surface area (Å²) in [6, 6.07) is 7.22. The molecule has 1 atom stereocenters. The number of hydrogen-bond acceptors (Lipinski definition) is 2. The van der Waals surface area contributed by atoms with Gasteiger partial charge in [0.25, 0.3) is 0 Å². The maximum atomic E-state index is 13.5. The fraction of sp³-hybridized carbons (Fsp3) is 0.308. The Labute approximate surface area is 114 Å². The summed E-state index contributed by atoms with van der Waals surface area (Å²) in [6.07, 6.45) is 2.64. The van der Waals surface area contributed by atoms with Crippen molar-refractivity contribution in [3.63, 3.8) is 0 Å². The third kappa shape index (κ3) is 2.97. The van der Waals surface area contributed by atoms with Crippen LogP contribution in [0.2, 0.25) is 0 Å². The van der Waals surface area contributed by atoms with Crippen LogP contribution < -0.4 is 5.32 Å².